The highest BCUT2D eigenvalue weighted by Crippen LogP contribution is 2.31. The van der Waals surface area contributed by atoms with Crippen LogP contribution in [-0.4, -0.2) is 35.9 Å². The lowest BCUT2D eigenvalue weighted by molar-refractivity contribution is -0.130. The normalized spacial score (nSPS) is 13.5. The van der Waals surface area contributed by atoms with Gasteiger partial charge in [0.1, 0.15) is 19.1 Å². The molecule has 0 aliphatic carbocycles. The van der Waals surface area contributed by atoms with E-state index in [2.05, 4.69) is 0 Å². The van der Waals surface area contributed by atoms with Crippen LogP contribution in [0.25, 0.3) is 0 Å². The van der Waals surface area contributed by atoms with Gasteiger partial charge in [-0.15, -0.1) is 11.6 Å². The van der Waals surface area contributed by atoms with Crippen molar-refractivity contribution in [1.29, 1.82) is 0 Å². The van der Waals surface area contributed by atoms with Crippen LogP contribution in [0, 0.1) is 0 Å². The van der Waals surface area contributed by atoms with Crippen LogP contribution in [0.15, 0.2) is 18.2 Å². The molecule has 104 valence electrons. The largest absolute Gasteiger partial charge is 0.486 e. The molecule has 1 aliphatic heterocycles. The molecule has 0 N–H and O–H groups in total. The zero-order valence-corrected chi connectivity index (χ0v) is 11.9. The molecule has 0 atom stereocenters. The number of halogens is 1. The Morgan fingerprint density at radius 2 is 2.00 bits per heavy atom. The fraction of sp³-hybridized carbons (Fsp3) is 0.500. The molecule has 0 fully saturated rings. The molecule has 0 unspecified atom stereocenters. The fourth-order valence-corrected chi connectivity index (χ4v) is 2.17. The van der Waals surface area contributed by atoms with Gasteiger partial charge in [-0.3, -0.25) is 4.79 Å². The summed E-state index contributed by atoms with van der Waals surface area (Å²) in [6.07, 6.45) is 0. The predicted molar refractivity (Wildman–Crippen MR) is 73.8 cm³/mol. The van der Waals surface area contributed by atoms with Gasteiger partial charge in [0, 0.05) is 12.6 Å². The Bertz CT molecular complexity index is 462. The van der Waals surface area contributed by atoms with Gasteiger partial charge in [-0.25, -0.2) is 0 Å². The second-order valence-electron chi connectivity index (χ2n) is 4.73. The number of nitrogens with zero attached hydrogens (tertiary/aromatic N) is 1. The van der Waals surface area contributed by atoms with Crippen LogP contribution in [0.1, 0.15) is 19.4 Å². The number of fused-ring (bicyclic) bond motifs is 1. The molecule has 2 rings (SSSR count). The SMILES string of the molecule is CC(C)N(Cc1ccc2c(c1)OCCO2)C(=O)CCl. The number of benzene rings is 1. The van der Waals surface area contributed by atoms with E-state index in [1.54, 1.807) is 4.90 Å². The highest BCUT2D eigenvalue weighted by atomic mass is 35.5. The minimum atomic E-state index is -0.0634. The zero-order chi connectivity index (χ0) is 13.8. The van der Waals surface area contributed by atoms with Crippen molar-refractivity contribution in [3.63, 3.8) is 0 Å². The van der Waals surface area contributed by atoms with E-state index in [-0.39, 0.29) is 17.8 Å². The lowest BCUT2D eigenvalue weighted by Gasteiger charge is -2.27. The number of ether oxygens (including phenoxy) is 2. The number of carbonyl (C=O) groups is 1. The summed E-state index contributed by atoms with van der Waals surface area (Å²) < 4.78 is 11.0. The number of carbonyl (C=O) groups excluding carboxylic acids is 1. The van der Waals surface area contributed by atoms with Crippen molar-refractivity contribution >= 4 is 17.5 Å². The lowest BCUT2D eigenvalue weighted by Crippen LogP contribution is -2.37. The van der Waals surface area contributed by atoms with Crippen LogP contribution in [0.5, 0.6) is 11.5 Å². The predicted octanol–water partition coefficient (Wildman–Crippen LogP) is 2.43. The standard InChI is InChI=1S/C14H18ClNO3/c1-10(2)16(14(17)8-15)9-11-3-4-12-13(7-11)19-6-5-18-12/h3-4,7,10H,5-6,8-9H2,1-2H3. The molecule has 1 aromatic carbocycles. The van der Waals surface area contributed by atoms with E-state index in [1.807, 2.05) is 32.0 Å². The van der Waals surface area contributed by atoms with Crippen molar-refractivity contribution in [2.75, 3.05) is 19.1 Å². The van der Waals surface area contributed by atoms with Crippen molar-refractivity contribution < 1.29 is 14.3 Å². The molecule has 0 aromatic heterocycles. The van der Waals surface area contributed by atoms with Crippen molar-refractivity contribution in [1.82, 2.24) is 4.90 Å². The molecule has 0 bridgehead atoms. The lowest BCUT2D eigenvalue weighted by atomic mass is 10.1. The summed E-state index contributed by atoms with van der Waals surface area (Å²) in [6.45, 7) is 5.62. The molecule has 4 nitrogen and oxygen atoms in total. The van der Waals surface area contributed by atoms with E-state index in [4.69, 9.17) is 21.1 Å². The third-order valence-corrected chi connectivity index (χ3v) is 3.25. The average molecular weight is 284 g/mol. The molecular weight excluding hydrogens is 266 g/mol. The van der Waals surface area contributed by atoms with E-state index in [9.17, 15) is 4.79 Å². The van der Waals surface area contributed by atoms with Gasteiger partial charge in [0.2, 0.25) is 5.91 Å². The second kappa shape index (κ2) is 6.15. The topological polar surface area (TPSA) is 38.8 Å². The number of hydrogen-bond donors (Lipinski definition) is 0. The molecule has 1 aliphatic rings. The summed E-state index contributed by atoms with van der Waals surface area (Å²) in [6, 6.07) is 5.86. The van der Waals surface area contributed by atoms with E-state index >= 15 is 0 Å². The molecule has 5 heteroatoms. The van der Waals surface area contributed by atoms with Gasteiger partial charge in [0.15, 0.2) is 11.5 Å². The van der Waals surface area contributed by atoms with Gasteiger partial charge < -0.3 is 14.4 Å². The smallest absolute Gasteiger partial charge is 0.238 e. The summed E-state index contributed by atoms with van der Waals surface area (Å²) in [5.41, 5.74) is 1.01. The molecule has 0 spiro atoms. The Balaban J connectivity index is 2.15. The summed E-state index contributed by atoms with van der Waals surface area (Å²) in [5, 5.41) is 0. The van der Waals surface area contributed by atoms with Gasteiger partial charge in [0.25, 0.3) is 0 Å². The number of amides is 1. The van der Waals surface area contributed by atoms with Crippen LogP contribution in [-0.2, 0) is 11.3 Å². The van der Waals surface area contributed by atoms with Gasteiger partial charge in [0.05, 0.1) is 0 Å². The van der Waals surface area contributed by atoms with Crippen molar-refractivity contribution in [3.8, 4) is 11.5 Å². The third-order valence-electron chi connectivity index (χ3n) is 3.02. The Kier molecular flexibility index (Phi) is 4.53. The summed E-state index contributed by atoms with van der Waals surface area (Å²) in [5.74, 6) is 1.44. The van der Waals surface area contributed by atoms with Crippen LogP contribution in [0.4, 0.5) is 0 Å². The van der Waals surface area contributed by atoms with E-state index in [0.717, 1.165) is 17.1 Å². The minimum absolute atomic E-state index is 0.00271. The van der Waals surface area contributed by atoms with E-state index < -0.39 is 0 Å². The Hall–Kier alpha value is -1.42. The highest BCUT2D eigenvalue weighted by molar-refractivity contribution is 6.27. The first-order valence-electron chi connectivity index (χ1n) is 6.35. The van der Waals surface area contributed by atoms with E-state index in [0.29, 0.717) is 19.8 Å². The molecular formula is C14H18ClNO3. The zero-order valence-electron chi connectivity index (χ0n) is 11.2. The summed E-state index contributed by atoms with van der Waals surface area (Å²) in [4.78, 5) is 13.5. The maximum absolute atomic E-state index is 11.8. The number of rotatable bonds is 4. The first-order valence-corrected chi connectivity index (χ1v) is 6.89. The quantitative estimate of drug-likeness (QED) is 0.797. The van der Waals surface area contributed by atoms with Gasteiger partial charge in [-0.2, -0.15) is 0 Å². The van der Waals surface area contributed by atoms with E-state index in [1.165, 1.54) is 0 Å². The highest BCUT2D eigenvalue weighted by Gasteiger charge is 2.18. The molecule has 0 radical (unpaired) electrons. The second-order valence-corrected chi connectivity index (χ2v) is 4.99. The Morgan fingerprint density at radius 3 is 2.63 bits per heavy atom. The molecule has 19 heavy (non-hydrogen) atoms. The first kappa shape index (κ1) is 14.0. The number of alkyl halides is 1. The average Bonchev–Trinajstić information content (AvgIpc) is 2.43. The molecule has 1 heterocycles. The minimum Gasteiger partial charge on any atom is -0.486 e. The number of hydrogen-bond acceptors (Lipinski definition) is 3. The molecule has 1 aromatic rings. The van der Waals surface area contributed by atoms with Crippen molar-refractivity contribution in [2.45, 2.75) is 26.4 Å². The Morgan fingerprint density at radius 1 is 1.32 bits per heavy atom. The van der Waals surface area contributed by atoms with Crippen molar-refractivity contribution in [3.05, 3.63) is 23.8 Å². The van der Waals surface area contributed by atoms with Crippen LogP contribution in [0.2, 0.25) is 0 Å². The van der Waals surface area contributed by atoms with Crippen molar-refractivity contribution in [2.24, 2.45) is 0 Å². The molecule has 0 saturated carbocycles. The summed E-state index contributed by atoms with van der Waals surface area (Å²) >= 11 is 5.64. The monoisotopic (exact) mass is 283 g/mol. The third kappa shape index (κ3) is 3.32. The maximum Gasteiger partial charge on any atom is 0.238 e. The Labute approximate surface area is 118 Å². The van der Waals surface area contributed by atoms with Crippen LogP contribution >= 0.6 is 11.6 Å². The van der Waals surface area contributed by atoms with Gasteiger partial charge in [-0.05, 0) is 31.5 Å². The van der Waals surface area contributed by atoms with Crippen LogP contribution in [0.3, 0.4) is 0 Å². The van der Waals surface area contributed by atoms with Crippen LogP contribution < -0.4 is 9.47 Å². The maximum atomic E-state index is 11.8. The first-order chi connectivity index (χ1) is 9.11. The van der Waals surface area contributed by atoms with Gasteiger partial charge >= 0.3 is 0 Å². The molecule has 0 saturated heterocycles. The fourth-order valence-electron chi connectivity index (χ4n) is 2.02. The summed E-state index contributed by atoms with van der Waals surface area (Å²) in [7, 11) is 0. The van der Waals surface area contributed by atoms with Gasteiger partial charge in [-0.1, -0.05) is 6.07 Å². The molecule has 1 amide bonds.